The summed E-state index contributed by atoms with van der Waals surface area (Å²) in [5.74, 6) is -0.0580. The van der Waals surface area contributed by atoms with Gasteiger partial charge >= 0.3 is 263 Å². The van der Waals surface area contributed by atoms with Crippen molar-refractivity contribution in [2.75, 3.05) is 31.5 Å². The van der Waals surface area contributed by atoms with E-state index in [1.165, 1.54) is 6.92 Å². The van der Waals surface area contributed by atoms with Crippen molar-refractivity contribution in [3.63, 3.8) is 0 Å². The number of amides is 4. The van der Waals surface area contributed by atoms with Gasteiger partial charge in [-0.3, -0.25) is 0 Å². The number of aromatic nitrogens is 2. The molecule has 42 heavy (non-hydrogen) atoms. The van der Waals surface area contributed by atoms with E-state index in [-0.39, 0.29) is 63.4 Å². The molecule has 3 heterocycles. The number of anilines is 1. The summed E-state index contributed by atoms with van der Waals surface area (Å²) in [5, 5.41) is 4.29. The van der Waals surface area contributed by atoms with Gasteiger partial charge in [0.05, 0.1) is 0 Å². The molecule has 2 aromatic carbocycles. The van der Waals surface area contributed by atoms with Crippen molar-refractivity contribution in [2.24, 2.45) is 5.92 Å². The normalized spacial score (nSPS) is 19.4. The summed E-state index contributed by atoms with van der Waals surface area (Å²) in [6.07, 6.45) is -0.365. The van der Waals surface area contributed by atoms with Crippen molar-refractivity contribution in [1.82, 2.24) is 27.3 Å². The molecule has 215 valence electrons. The van der Waals surface area contributed by atoms with Gasteiger partial charge in [-0.2, -0.15) is 0 Å². The van der Waals surface area contributed by atoms with Crippen LogP contribution in [-0.4, -0.2) is 89.3 Å². The number of para-hydroxylation sites is 1. The molecule has 2 unspecified atom stereocenters. The van der Waals surface area contributed by atoms with Crippen LogP contribution in [0.2, 0.25) is 0 Å². The Bertz CT molecular complexity index is 1550. The maximum atomic E-state index is 14.0. The quantitative estimate of drug-likeness (QED) is 0.404. The number of imide groups is 1. The van der Waals surface area contributed by atoms with Crippen LogP contribution < -0.4 is 5.32 Å². The summed E-state index contributed by atoms with van der Waals surface area (Å²) >= 11 is -0.0979. The number of nitrogens with one attached hydrogen (secondary N) is 1. The molecule has 11 nitrogen and oxygen atoms in total. The van der Waals surface area contributed by atoms with Gasteiger partial charge in [0.1, 0.15) is 0 Å². The number of benzene rings is 2. The van der Waals surface area contributed by atoms with E-state index in [0.717, 1.165) is 21.4 Å². The van der Waals surface area contributed by atoms with Gasteiger partial charge in [0, 0.05) is 0 Å². The molecule has 12 heteroatoms. The fourth-order valence-electron chi connectivity index (χ4n) is 5.50. The van der Waals surface area contributed by atoms with Crippen LogP contribution in [0.4, 0.5) is 5.82 Å². The predicted octanol–water partition coefficient (Wildman–Crippen LogP) is 2.34. The number of aryl methyl sites for hydroxylation is 1. The molecule has 0 radical (unpaired) electrons. The number of carbonyl (C=O) groups is 4. The predicted molar refractivity (Wildman–Crippen MR) is 152 cm³/mol. The molecule has 2 bridgehead atoms. The summed E-state index contributed by atoms with van der Waals surface area (Å²) in [5.41, 5.74) is 1.93. The second-order valence-electron chi connectivity index (χ2n) is 11.2. The Balaban J connectivity index is 1.42. The minimum atomic E-state index is -0.500. The van der Waals surface area contributed by atoms with Crippen LogP contribution in [0.15, 0.2) is 48.5 Å². The molecule has 2 atom stereocenters. The Morgan fingerprint density at radius 2 is 1.79 bits per heavy atom. The molecule has 0 saturated carbocycles. The number of piperazine rings is 1. The van der Waals surface area contributed by atoms with Crippen molar-refractivity contribution < 1.29 is 45.6 Å². The third kappa shape index (κ3) is 6.03. The Morgan fingerprint density at radius 3 is 2.50 bits per heavy atom. The first-order valence-electron chi connectivity index (χ1n) is 14.1. The Morgan fingerprint density at radius 1 is 1.07 bits per heavy atom. The zero-order valence-electron chi connectivity index (χ0n) is 24.4. The van der Waals surface area contributed by atoms with E-state index < -0.39 is 17.9 Å². The number of nitrogens with zero attached hydrogens (tertiary/aromatic N) is 6. The van der Waals surface area contributed by atoms with Gasteiger partial charge < -0.3 is 0 Å². The van der Waals surface area contributed by atoms with Crippen LogP contribution in [0.5, 0.6) is 0 Å². The van der Waals surface area contributed by atoms with Crippen molar-refractivity contribution in [3.8, 4) is 0 Å². The molecule has 0 aliphatic carbocycles. The van der Waals surface area contributed by atoms with Gasteiger partial charge in [0.15, 0.2) is 0 Å². The number of rotatable bonds is 4. The summed E-state index contributed by atoms with van der Waals surface area (Å²) in [6.45, 7) is 8.31. The monoisotopic (exact) mass is 758 g/mol. The second kappa shape index (κ2) is 12.4. The Hall–Kier alpha value is -3.44. The van der Waals surface area contributed by atoms with Crippen molar-refractivity contribution in [3.05, 3.63) is 65.5 Å². The third-order valence-corrected chi connectivity index (χ3v) is 10.8. The fraction of sp³-hybridized carbons (Fsp3) is 0.400. The summed E-state index contributed by atoms with van der Waals surface area (Å²) in [6, 6.07) is 14.3. The van der Waals surface area contributed by atoms with Crippen molar-refractivity contribution >= 4 is 40.3 Å². The van der Waals surface area contributed by atoms with Crippen LogP contribution in [-0.2, 0) is 47.4 Å². The minimum absolute atomic E-state index is 0.00786. The first-order valence-corrected chi connectivity index (χ1v) is 16.6. The van der Waals surface area contributed by atoms with Gasteiger partial charge in [0.2, 0.25) is 0 Å². The van der Waals surface area contributed by atoms with Gasteiger partial charge in [-0.15, -0.1) is 0 Å². The fourth-order valence-corrected chi connectivity index (χ4v) is 7.61. The standard InChI is InChI=1S/C30H35N7O4.Hg/c1-18(2)27-29(40)33-25-16-36(26(39)17-37(20(4)38)30(41)21-10-6-5-9-19(21)3)14-13-35(25)15-24-31-23-12-8-7-11-22(23)28(32-24)34-27;/h5-12,18,25,27H,13-17H2,1-4H3,(H2,31,32,33,34,40);/q;+1/p-1. The van der Waals surface area contributed by atoms with Crippen LogP contribution in [0, 0.1) is 12.8 Å². The van der Waals surface area contributed by atoms with E-state index >= 15 is 0 Å². The number of fused-ring (bicyclic) bond motifs is 5. The first kappa shape index (κ1) is 30.0. The van der Waals surface area contributed by atoms with E-state index in [1.807, 2.05) is 46.8 Å². The molecule has 1 N–H and O–H groups in total. The van der Waals surface area contributed by atoms with Crippen molar-refractivity contribution in [1.29, 1.82) is 0 Å². The molecule has 0 spiro atoms. The molecular formula is C30H34HgN7O4. The molecule has 4 amide bonds. The molecule has 1 fully saturated rings. The van der Waals surface area contributed by atoms with Gasteiger partial charge in [-0.25, -0.2) is 0 Å². The Labute approximate surface area is 261 Å². The third-order valence-electron chi connectivity index (χ3n) is 7.97. The maximum absolute atomic E-state index is 14.0. The summed E-state index contributed by atoms with van der Waals surface area (Å²) < 4.78 is 1.88. The van der Waals surface area contributed by atoms with E-state index in [9.17, 15) is 19.2 Å². The van der Waals surface area contributed by atoms with E-state index in [0.29, 0.717) is 36.8 Å². The average Bonchev–Trinajstić information content (AvgIpc) is 2.97. The van der Waals surface area contributed by atoms with Crippen LogP contribution in [0.25, 0.3) is 10.9 Å². The molecular weight excluding hydrogens is 723 g/mol. The average molecular weight is 757 g/mol. The number of carbonyl (C=O) groups excluding carboxylic acids is 4. The van der Waals surface area contributed by atoms with Gasteiger partial charge in [-0.1, -0.05) is 0 Å². The molecule has 1 aromatic heterocycles. The van der Waals surface area contributed by atoms with Crippen LogP contribution in [0.3, 0.4) is 0 Å². The number of hydrogen-bond acceptors (Lipinski definition) is 8. The number of hydrogen-bond donors (Lipinski definition) is 1. The first-order chi connectivity index (χ1) is 20.0. The van der Waals surface area contributed by atoms with E-state index in [2.05, 4.69) is 10.2 Å². The van der Waals surface area contributed by atoms with Crippen LogP contribution in [0.1, 0.15) is 42.5 Å². The van der Waals surface area contributed by atoms with Gasteiger partial charge in [0.25, 0.3) is 0 Å². The zero-order valence-corrected chi connectivity index (χ0v) is 29.9. The van der Waals surface area contributed by atoms with Crippen LogP contribution >= 0.6 is 0 Å². The second-order valence-corrected chi connectivity index (χ2v) is 13.8. The molecule has 2 aliphatic heterocycles. The van der Waals surface area contributed by atoms with Crippen molar-refractivity contribution in [2.45, 2.75) is 46.4 Å². The topological polar surface area (TPSA) is 119 Å². The summed E-state index contributed by atoms with van der Waals surface area (Å²) in [4.78, 5) is 67.7. The zero-order chi connectivity index (χ0) is 30.1. The molecule has 2 aliphatic rings. The van der Waals surface area contributed by atoms with Gasteiger partial charge in [-0.05, 0) is 0 Å². The van der Waals surface area contributed by atoms with E-state index in [1.54, 1.807) is 30.0 Å². The summed E-state index contributed by atoms with van der Waals surface area (Å²) in [7, 11) is 0. The SMILES string of the molecule is CC(=O)N(CC(=O)N1CCN2Cc3nc(c4ccccc4n3)NC(C(C)C)C(=O)[N]([Hg])C2C1)C(=O)c1ccccc1C. The van der Waals surface area contributed by atoms with E-state index in [4.69, 9.17) is 9.97 Å². The molecule has 3 aromatic rings. The molecule has 5 rings (SSSR count). The molecule has 1 saturated heterocycles. The Kier molecular flexibility index (Phi) is 8.88.